The van der Waals surface area contributed by atoms with Gasteiger partial charge < -0.3 is 5.11 Å². The molecule has 1 atom stereocenters. The largest absolute Gasteiger partial charge is 0.383 e. The summed E-state index contributed by atoms with van der Waals surface area (Å²) in [5.41, 5.74) is 0.479. The summed E-state index contributed by atoms with van der Waals surface area (Å²) in [7, 11) is 0. The number of rotatable bonds is 3. The zero-order valence-electron chi connectivity index (χ0n) is 9.59. The lowest BCUT2D eigenvalue weighted by Crippen LogP contribution is -2.05. The highest BCUT2D eigenvalue weighted by molar-refractivity contribution is 9.10. The molecule has 0 amide bonds. The standard InChI is InChI=1S/C13H9BrClNO3/c14-10-6-3-5-9(12(10)16(18)19)13(17)8-4-1-2-7-11(8)15/h1-7,13,17H. The first kappa shape index (κ1) is 14.0. The van der Waals surface area contributed by atoms with E-state index in [1.807, 2.05) is 0 Å². The lowest BCUT2D eigenvalue weighted by atomic mass is 10.00. The van der Waals surface area contributed by atoms with Crippen LogP contribution in [0.1, 0.15) is 17.2 Å². The topological polar surface area (TPSA) is 63.4 Å². The van der Waals surface area contributed by atoms with Crippen molar-refractivity contribution in [3.05, 3.63) is 73.2 Å². The Morgan fingerprint density at radius 2 is 1.79 bits per heavy atom. The third-order valence-corrected chi connectivity index (χ3v) is 3.68. The maximum absolute atomic E-state index is 11.1. The van der Waals surface area contributed by atoms with Gasteiger partial charge in [-0.25, -0.2) is 0 Å². The van der Waals surface area contributed by atoms with Crippen LogP contribution in [0, 0.1) is 10.1 Å². The minimum atomic E-state index is -1.15. The average molecular weight is 343 g/mol. The summed E-state index contributed by atoms with van der Waals surface area (Å²) < 4.78 is 0.320. The lowest BCUT2D eigenvalue weighted by Gasteiger charge is -2.13. The van der Waals surface area contributed by atoms with Crippen LogP contribution in [0.15, 0.2) is 46.9 Å². The number of aliphatic hydroxyl groups excluding tert-OH is 1. The van der Waals surface area contributed by atoms with E-state index in [1.54, 1.807) is 36.4 Å². The third kappa shape index (κ3) is 2.78. The zero-order chi connectivity index (χ0) is 14.0. The Hall–Kier alpha value is -1.43. The summed E-state index contributed by atoms with van der Waals surface area (Å²) in [5.74, 6) is 0. The summed E-state index contributed by atoms with van der Waals surface area (Å²) in [6.07, 6.45) is -1.15. The maximum atomic E-state index is 11.1. The van der Waals surface area contributed by atoms with Gasteiger partial charge in [0.05, 0.1) is 15.0 Å². The van der Waals surface area contributed by atoms with Crippen molar-refractivity contribution in [2.45, 2.75) is 6.10 Å². The fourth-order valence-corrected chi connectivity index (χ4v) is 2.58. The molecule has 19 heavy (non-hydrogen) atoms. The first-order chi connectivity index (χ1) is 9.02. The van der Waals surface area contributed by atoms with Crippen LogP contribution in [0.2, 0.25) is 5.02 Å². The Balaban J connectivity index is 2.57. The van der Waals surface area contributed by atoms with Crippen molar-refractivity contribution < 1.29 is 10.0 Å². The Kier molecular flexibility index (Phi) is 4.19. The van der Waals surface area contributed by atoms with Gasteiger partial charge in [0.25, 0.3) is 5.69 Å². The van der Waals surface area contributed by atoms with E-state index in [-0.39, 0.29) is 11.3 Å². The molecule has 2 aromatic rings. The molecule has 1 unspecified atom stereocenters. The summed E-state index contributed by atoms with van der Waals surface area (Å²) in [4.78, 5) is 10.6. The molecule has 6 heteroatoms. The van der Waals surface area contributed by atoms with Crippen LogP contribution < -0.4 is 0 Å². The van der Waals surface area contributed by atoms with Crippen LogP contribution in [0.25, 0.3) is 0 Å². The van der Waals surface area contributed by atoms with Crippen molar-refractivity contribution in [3.63, 3.8) is 0 Å². The molecule has 0 saturated heterocycles. The number of nitro groups is 1. The van der Waals surface area contributed by atoms with Crippen LogP contribution >= 0.6 is 27.5 Å². The van der Waals surface area contributed by atoms with E-state index in [1.165, 1.54) is 6.07 Å². The van der Waals surface area contributed by atoms with Crippen molar-refractivity contribution >= 4 is 33.2 Å². The van der Waals surface area contributed by atoms with Gasteiger partial charge in [0, 0.05) is 10.6 Å². The van der Waals surface area contributed by atoms with Crippen LogP contribution in [-0.4, -0.2) is 10.0 Å². The molecule has 2 rings (SSSR count). The molecule has 2 aromatic carbocycles. The molecular formula is C13H9BrClNO3. The summed E-state index contributed by atoms with van der Waals surface area (Å²) >= 11 is 9.12. The number of para-hydroxylation sites is 1. The first-order valence-electron chi connectivity index (χ1n) is 5.37. The van der Waals surface area contributed by atoms with E-state index in [4.69, 9.17) is 11.6 Å². The normalized spacial score (nSPS) is 12.2. The molecule has 0 aromatic heterocycles. The number of nitro benzene ring substituents is 1. The van der Waals surface area contributed by atoms with E-state index in [9.17, 15) is 15.2 Å². The highest BCUT2D eigenvalue weighted by atomic mass is 79.9. The predicted octanol–water partition coefficient (Wildman–Crippen LogP) is 4.09. The van der Waals surface area contributed by atoms with Gasteiger partial charge in [-0.15, -0.1) is 0 Å². The zero-order valence-corrected chi connectivity index (χ0v) is 11.9. The van der Waals surface area contributed by atoms with Gasteiger partial charge in [-0.2, -0.15) is 0 Å². The van der Waals surface area contributed by atoms with Gasteiger partial charge >= 0.3 is 0 Å². The molecule has 0 fully saturated rings. The van der Waals surface area contributed by atoms with Gasteiger partial charge in [0.1, 0.15) is 6.10 Å². The number of benzene rings is 2. The summed E-state index contributed by atoms with van der Waals surface area (Å²) in [6.45, 7) is 0. The SMILES string of the molecule is O=[N+]([O-])c1c(Br)cccc1C(O)c1ccccc1Cl. The second kappa shape index (κ2) is 5.69. The first-order valence-corrected chi connectivity index (χ1v) is 6.54. The predicted molar refractivity (Wildman–Crippen MR) is 76.3 cm³/mol. The van der Waals surface area contributed by atoms with Crippen molar-refractivity contribution in [1.29, 1.82) is 0 Å². The third-order valence-electron chi connectivity index (χ3n) is 2.69. The van der Waals surface area contributed by atoms with Gasteiger partial charge in [-0.3, -0.25) is 10.1 Å². The molecule has 0 spiro atoms. The molecule has 0 aliphatic heterocycles. The second-order valence-electron chi connectivity index (χ2n) is 3.86. The molecule has 0 aliphatic carbocycles. The van der Waals surface area contributed by atoms with Crippen LogP contribution in [0.5, 0.6) is 0 Å². The Morgan fingerprint density at radius 1 is 1.16 bits per heavy atom. The van der Waals surface area contributed by atoms with Crippen molar-refractivity contribution in [3.8, 4) is 0 Å². The summed E-state index contributed by atoms with van der Waals surface area (Å²) in [6, 6.07) is 11.4. The Bertz CT molecular complexity index is 633. The fraction of sp³-hybridized carbons (Fsp3) is 0.0769. The Labute approximate surface area is 122 Å². The number of hydrogen-bond donors (Lipinski definition) is 1. The fourth-order valence-electron chi connectivity index (χ4n) is 1.81. The Morgan fingerprint density at radius 3 is 2.42 bits per heavy atom. The van der Waals surface area contributed by atoms with Crippen LogP contribution in [-0.2, 0) is 0 Å². The number of hydrogen-bond acceptors (Lipinski definition) is 3. The molecule has 0 radical (unpaired) electrons. The average Bonchev–Trinajstić information content (AvgIpc) is 2.37. The molecule has 1 N–H and O–H groups in total. The van der Waals surface area contributed by atoms with Gasteiger partial charge in [0.2, 0.25) is 0 Å². The van der Waals surface area contributed by atoms with E-state index in [2.05, 4.69) is 15.9 Å². The minimum absolute atomic E-state index is 0.157. The molecule has 0 saturated carbocycles. The number of nitrogens with zero attached hydrogens (tertiary/aromatic N) is 1. The molecule has 0 bridgehead atoms. The van der Waals surface area contributed by atoms with Crippen LogP contribution in [0.4, 0.5) is 5.69 Å². The summed E-state index contributed by atoms with van der Waals surface area (Å²) in [5, 5.41) is 21.8. The molecular weight excluding hydrogens is 334 g/mol. The lowest BCUT2D eigenvalue weighted by molar-refractivity contribution is -0.386. The quantitative estimate of drug-likeness (QED) is 0.675. The highest BCUT2D eigenvalue weighted by Crippen LogP contribution is 2.37. The van der Waals surface area contributed by atoms with Gasteiger partial charge in [-0.1, -0.05) is 35.9 Å². The number of aliphatic hydroxyl groups is 1. The molecule has 0 aliphatic rings. The van der Waals surface area contributed by atoms with E-state index >= 15 is 0 Å². The maximum Gasteiger partial charge on any atom is 0.289 e. The van der Waals surface area contributed by atoms with Gasteiger partial charge in [0.15, 0.2) is 0 Å². The second-order valence-corrected chi connectivity index (χ2v) is 5.12. The van der Waals surface area contributed by atoms with E-state index < -0.39 is 11.0 Å². The van der Waals surface area contributed by atoms with Crippen molar-refractivity contribution in [2.75, 3.05) is 0 Å². The van der Waals surface area contributed by atoms with Gasteiger partial charge in [-0.05, 0) is 34.1 Å². The smallest absolute Gasteiger partial charge is 0.289 e. The van der Waals surface area contributed by atoms with E-state index in [0.717, 1.165) is 0 Å². The molecule has 0 heterocycles. The highest BCUT2D eigenvalue weighted by Gasteiger charge is 2.25. The van der Waals surface area contributed by atoms with Crippen LogP contribution in [0.3, 0.4) is 0 Å². The van der Waals surface area contributed by atoms with Crippen molar-refractivity contribution in [2.24, 2.45) is 0 Å². The monoisotopic (exact) mass is 341 g/mol. The van der Waals surface area contributed by atoms with E-state index in [0.29, 0.717) is 15.1 Å². The number of halogens is 2. The van der Waals surface area contributed by atoms with Crippen molar-refractivity contribution in [1.82, 2.24) is 0 Å². The minimum Gasteiger partial charge on any atom is -0.383 e. The molecule has 98 valence electrons. The molecule has 4 nitrogen and oxygen atoms in total.